The minimum Gasteiger partial charge on any atom is -0.497 e. The lowest BCUT2D eigenvalue weighted by Crippen LogP contribution is -2.36. The molecule has 29 heavy (non-hydrogen) atoms. The molecule has 1 saturated heterocycles. The first-order chi connectivity index (χ1) is 14.2. The van der Waals surface area contributed by atoms with Gasteiger partial charge in [-0.3, -0.25) is 4.79 Å². The maximum absolute atomic E-state index is 12.6. The number of imidazole rings is 1. The Morgan fingerprint density at radius 1 is 1.17 bits per heavy atom. The molecule has 0 aliphatic carbocycles. The standard InChI is InChI=1S/C22H25N3O3S/c1-27-18-9-7-17(8-10-18)20-14-23-22(25(20)15-19-6-5-13-28-19)29-16-21(26)24-11-3-2-4-12-24/h5-10,13-14H,2-4,11-12,15-16H2,1H3. The van der Waals surface area contributed by atoms with Crippen LogP contribution in [0.2, 0.25) is 0 Å². The van der Waals surface area contributed by atoms with Crippen LogP contribution in [-0.4, -0.2) is 46.3 Å². The van der Waals surface area contributed by atoms with Crippen LogP contribution in [0.5, 0.6) is 5.75 Å². The lowest BCUT2D eigenvalue weighted by molar-refractivity contribution is -0.129. The number of carbonyl (C=O) groups is 1. The van der Waals surface area contributed by atoms with Crippen LogP contribution >= 0.6 is 11.8 Å². The molecule has 3 aromatic rings. The van der Waals surface area contributed by atoms with Gasteiger partial charge < -0.3 is 18.6 Å². The van der Waals surface area contributed by atoms with Crippen molar-refractivity contribution in [3.05, 3.63) is 54.6 Å². The van der Waals surface area contributed by atoms with Crippen LogP contribution in [0.1, 0.15) is 25.0 Å². The Balaban J connectivity index is 1.55. The smallest absolute Gasteiger partial charge is 0.233 e. The van der Waals surface area contributed by atoms with Gasteiger partial charge >= 0.3 is 0 Å². The lowest BCUT2D eigenvalue weighted by Gasteiger charge is -2.26. The zero-order valence-electron chi connectivity index (χ0n) is 16.5. The molecule has 7 heteroatoms. The first-order valence-corrected chi connectivity index (χ1v) is 10.9. The Labute approximate surface area is 174 Å². The molecular formula is C22H25N3O3S. The summed E-state index contributed by atoms with van der Waals surface area (Å²) in [4.78, 5) is 19.2. The number of rotatable bonds is 7. The van der Waals surface area contributed by atoms with E-state index in [1.807, 2.05) is 47.5 Å². The molecule has 152 valence electrons. The van der Waals surface area contributed by atoms with E-state index in [1.54, 1.807) is 13.4 Å². The van der Waals surface area contributed by atoms with Gasteiger partial charge in [-0.05, 0) is 55.7 Å². The molecule has 6 nitrogen and oxygen atoms in total. The number of piperidine rings is 1. The molecule has 2 aromatic heterocycles. The van der Waals surface area contributed by atoms with Gasteiger partial charge in [0.15, 0.2) is 5.16 Å². The average molecular weight is 412 g/mol. The average Bonchev–Trinajstić information content (AvgIpc) is 3.43. The third-order valence-corrected chi connectivity index (χ3v) is 6.11. The number of nitrogens with zero attached hydrogens (tertiary/aromatic N) is 3. The largest absolute Gasteiger partial charge is 0.497 e. The van der Waals surface area contributed by atoms with Crippen molar-refractivity contribution in [2.75, 3.05) is 26.0 Å². The van der Waals surface area contributed by atoms with Gasteiger partial charge in [0.2, 0.25) is 5.91 Å². The van der Waals surface area contributed by atoms with Gasteiger partial charge in [-0.25, -0.2) is 4.98 Å². The molecule has 1 amide bonds. The van der Waals surface area contributed by atoms with E-state index in [-0.39, 0.29) is 5.91 Å². The van der Waals surface area contributed by atoms with Crippen molar-refractivity contribution in [2.24, 2.45) is 0 Å². The van der Waals surface area contributed by atoms with Crippen molar-refractivity contribution in [3.8, 4) is 17.0 Å². The predicted molar refractivity (Wildman–Crippen MR) is 113 cm³/mol. The molecule has 0 atom stereocenters. The predicted octanol–water partition coefficient (Wildman–Crippen LogP) is 4.30. The van der Waals surface area contributed by atoms with E-state index >= 15 is 0 Å². The summed E-state index contributed by atoms with van der Waals surface area (Å²) in [5.41, 5.74) is 2.02. The molecule has 0 N–H and O–H groups in total. The van der Waals surface area contributed by atoms with Gasteiger partial charge in [0.25, 0.3) is 0 Å². The first-order valence-electron chi connectivity index (χ1n) is 9.87. The Bertz CT molecular complexity index is 929. The van der Waals surface area contributed by atoms with Crippen LogP contribution in [0.4, 0.5) is 0 Å². The molecule has 3 heterocycles. The second kappa shape index (κ2) is 9.22. The Morgan fingerprint density at radius 2 is 1.97 bits per heavy atom. The summed E-state index contributed by atoms with van der Waals surface area (Å²) in [6, 6.07) is 11.7. The zero-order chi connectivity index (χ0) is 20.1. The van der Waals surface area contributed by atoms with E-state index in [0.717, 1.165) is 53.9 Å². The number of hydrogen-bond donors (Lipinski definition) is 0. The molecule has 0 unspecified atom stereocenters. The lowest BCUT2D eigenvalue weighted by atomic mass is 10.1. The highest BCUT2D eigenvalue weighted by Gasteiger charge is 2.19. The fraction of sp³-hybridized carbons (Fsp3) is 0.364. The second-order valence-electron chi connectivity index (χ2n) is 7.05. The molecular weight excluding hydrogens is 386 g/mol. The molecule has 0 radical (unpaired) electrons. The van der Waals surface area contributed by atoms with Crippen molar-refractivity contribution < 1.29 is 13.9 Å². The summed E-state index contributed by atoms with van der Waals surface area (Å²) >= 11 is 1.49. The van der Waals surface area contributed by atoms with E-state index in [9.17, 15) is 4.79 Å². The molecule has 0 bridgehead atoms. The first kappa shape index (κ1) is 19.6. The Hall–Kier alpha value is -2.67. The van der Waals surface area contributed by atoms with Crippen LogP contribution in [0.15, 0.2) is 58.4 Å². The summed E-state index contributed by atoms with van der Waals surface area (Å²) < 4.78 is 12.9. The number of benzene rings is 1. The number of amides is 1. The number of hydrogen-bond acceptors (Lipinski definition) is 5. The molecule has 1 fully saturated rings. The van der Waals surface area contributed by atoms with E-state index < -0.39 is 0 Å². The monoisotopic (exact) mass is 411 g/mol. The number of thioether (sulfide) groups is 1. The van der Waals surface area contributed by atoms with Gasteiger partial charge in [-0.2, -0.15) is 0 Å². The maximum atomic E-state index is 12.6. The third kappa shape index (κ3) is 4.67. The molecule has 0 saturated carbocycles. The number of ether oxygens (including phenoxy) is 1. The number of carbonyl (C=O) groups excluding carboxylic acids is 1. The number of aromatic nitrogens is 2. The molecule has 0 spiro atoms. The minimum atomic E-state index is 0.188. The Morgan fingerprint density at radius 3 is 2.66 bits per heavy atom. The number of likely N-dealkylation sites (tertiary alicyclic amines) is 1. The number of furan rings is 1. The van der Waals surface area contributed by atoms with Crippen molar-refractivity contribution in [2.45, 2.75) is 31.0 Å². The van der Waals surface area contributed by atoms with E-state index in [1.165, 1.54) is 18.2 Å². The summed E-state index contributed by atoms with van der Waals surface area (Å²) in [5, 5.41) is 0.817. The van der Waals surface area contributed by atoms with Gasteiger partial charge in [0, 0.05) is 18.7 Å². The van der Waals surface area contributed by atoms with Crippen LogP contribution in [0.3, 0.4) is 0 Å². The number of methoxy groups -OCH3 is 1. The van der Waals surface area contributed by atoms with Crippen molar-refractivity contribution in [1.29, 1.82) is 0 Å². The highest BCUT2D eigenvalue weighted by molar-refractivity contribution is 7.99. The van der Waals surface area contributed by atoms with Gasteiger partial charge in [0.05, 0.1) is 37.6 Å². The van der Waals surface area contributed by atoms with Crippen LogP contribution in [0, 0.1) is 0 Å². The summed E-state index contributed by atoms with van der Waals surface area (Å²) in [6.45, 7) is 2.31. The van der Waals surface area contributed by atoms with E-state index in [0.29, 0.717) is 12.3 Å². The van der Waals surface area contributed by atoms with E-state index in [2.05, 4.69) is 9.55 Å². The van der Waals surface area contributed by atoms with Crippen molar-refractivity contribution in [3.63, 3.8) is 0 Å². The fourth-order valence-corrected chi connectivity index (χ4v) is 4.42. The van der Waals surface area contributed by atoms with Crippen LogP contribution in [0.25, 0.3) is 11.3 Å². The van der Waals surface area contributed by atoms with Crippen molar-refractivity contribution in [1.82, 2.24) is 14.5 Å². The third-order valence-electron chi connectivity index (χ3n) is 5.13. The molecule has 1 aliphatic heterocycles. The summed E-state index contributed by atoms with van der Waals surface area (Å²) in [7, 11) is 1.66. The van der Waals surface area contributed by atoms with Crippen molar-refractivity contribution >= 4 is 17.7 Å². The normalized spacial score (nSPS) is 14.2. The highest BCUT2D eigenvalue weighted by atomic mass is 32.2. The summed E-state index contributed by atoms with van der Waals surface area (Å²) in [5.74, 6) is 2.25. The highest BCUT2D eigenvalue weighted by Crippen LogP contribution is 2.29. The summed E-state index contributed by atoms with van der Waals surface area (Å²) in [6.07, 6.45) is 6.95. The molecule has 1 aliphatic rings. The SMILES string of the molecule is COc1ccc(-c2cnc(SCC(=O)N3CCCCC3)n2Cc2ccco2)cc1. The fourth-order valence-electron chi connectivity index (χ4n) is 3.54. The van der Waals surface area contributed by atoms with Gasteiger partial charge in [-0.15, -0.1) is 0 Å². The van der Waals surface area contributed by atoms with Crippen LogP contribution in [-0.2, 0) is 11.3 Å². The molecule has 1 aromatic carbocycles. The quantitative estimate of drug-likeness (QED) is 0.543. The van der Waals surface area contributed by atoms with Gasteiger partial charge in [-0.1, -0.05) is 11.8 Å². The second-order valence-corrected chi connectivity index (χ2v) is 7.99. The maximum Gasteiger partial charge on any atom is 0.233 e. The Kier molecular flexibility index (Phi) is 6.24. The topological polar surface area (TPSA) is 60.5 Å². The van der Waals surface area contributed by atoms with Gasteiger partial charge in [0.1, 0.15) is 11.5 Å². The van der Waals surface area contributed by atoms with Crippen LogP contribution < -0.4 is 4.74 Å². The van der Waals surface area contributed by atoms with E-state index in [4.69, 9.17) is 9.15 Å². The molecule has 4 rings (SSSR count). The minimum absolute atomic E-state index is 0.188. The zero-order valence-corrected chi connectivity index (χ0v) is 17.4.